The van der Waals surface area contributed by atoms with E-state index in [0.717, 1.165) is 12.8 Å². The molecule has 0 bridgehead atoms. The summed E-state index contributed by atoms with van der Waals surface area (Å²) in [6, 6.07) is 17.0. The first-order valence-corrected chi connectivity index (χ1v) is 13.7. The van der Waals surface area contributed by atoms with Crippen molar-refractivity contribution in [3.63, 3.8) is 0 Å². The highest BCUT2D eigenvalue weighted by Crippen LogP contribution is 2.19. The zero-order chi connectivity index (χ0) is 24.2. The lowest BCUT2D eigenvalue weighted by molar-refractivity contribution is 0.102. The minimum absolute atomic E-state index is 0.0275. The fraction of sp³-hybridized carbons (Fsp3) is 0.217. The van der Waals surface area contributed by atoms with E-state index in [1.165, 1.54) is 34.8 Å². The molecule has 1 aromatic heterocycles. The molecule has 11 heteroatoms. The molecule has 0 saturated carbocycles. The Hall–Kier alpha value is -3.28. The number of aromatic nitrogens is 1. The van der Waals surface area contributed by atoms with Crippen molar-refractivity contribution in [1.29, 1.82) is 0 Å². The number of rotatable bonds is 8. The minimum Gasteiger partial charge on any atom is -0.322 e. The van der Waals surface area contributed by atoms with E-state index in [-0.39, 0.29) is 16.5 Å². The number of amides is 1. The first-order valence-electron chi connectivity index (χ1n) is 10.6. The first-order chi connectivity index (χ1) is 16.2. The third-order valence-electron chi connectivity index (χ3n) is 5.35. The monoisotopic (exact) mass is 500 g/mol. The van der Waals surface area contributed by atoms with Gasteiger partial charge >= 0.3 is 0 Å². The molecule has 2 aromatic carbocycles. The van der Waals surface area contributed by atoms with Gasteiger partial charge in [0.05, 0.1) is 10.6 Å². The number of carbonyl (C=O) groups excluding carboxylic acids is 1. The van der Waals surface area contributed by atoms with Crippen molar-refractivity contribution in [3.05, 3.63) is 84.1 Å². The average Bonchev–Trinajstić information content (AvgIpc) is 3.36. The van der Waals surface area contributed by atoms with Gasteiger partial charge in [0, 0.05) is 30.5 Å². The van der Waals surface area contributed by atoms with Gasteiger partial charge in [0.2, 0.25) is 10.0 Å². The van der Waals surface area contributed by atoms with E-state index in [9.17, 15) is 21.6 Å². The summed E-state index contributed by atoms with van der Waals surface area (Å²) in [5, 5.41) is 2.71. The molecule has 2 heterocycles. The Bertz CT molecular complexity index is 1350. The lowest BCUT2D eigenvalue weighted by Crippen LogP contribution is -2.29. The van der Waals surface area contributed by atoms with Crippen molar-refractivity contribution in [3.8, 4) is 0 Å². The smallest absolute Gasteiger partial charge is 0.263 e. The van der Waals surface area contributed by atoms with Crippen LogP contribution in [0.5, 0.6) is 0 Å². The van der Waals surface area contributed by atoms with Crippen LogP contribution in [0.2, 0.25) is 0 Å². The van der Waals surface area contributed by atoms with Gasteiger partial charge in [-0.15, -0.1) is 0 Å². The summed E-state index contributed by atoms with van der Waals surface area (Å²) in [6.45, 7) is 1.12. The summed E-state index contributed by atoms with van der Waals surface area (Å²) in [5.41, 5.74) is 1.39. The summed E-state index contributed by atoms with van der Waals surface area (Å²) >= 11 is 0. The van der Waals surface area contributed by atoms with Gasteiger partial charge in [0.1, 0.15) is 5.82 Å². The van der Waals surface area contributed by atoms with Crippen LogP contribution in [0, 0.1) is 0 Å². The van der Waals surface area contributed by atoms with E-state index in [2.05, 4.69) is 15.0 Å². The van der Waals surface area contributed by atoms with Crippen LogP contribution in [0.15, 0.2) is 77.8 Å². The molecule has 0 radical (unpaired) electrons. The summed E-state index contributed by atoms with van der Waals surface area (Å²) in [6.07, 6.45) is 3.24. The highest BCUT2D eigenvalue weighted by molar-refractivity contribution is 7.92. The maximum atomic E-state index is 12.6. The van der Waals surface area contributed by atoms with Gasteiger partial charge in [-0.1, -0.05) is 18.2 Å². The Morgan fingerprint density at radius 3 is 2.18 bits per heavy atom. The Labute approximate surface area is 198 Å². The van der Waals surface area contributed by atoms with E-state index >= 15 is 0 Å². The van der Waals surface area contributed by atoms with Gasteiger partial charge in [0.25, 0.3) is 15.9 Å². The molecule has 1 aliphatic rings. The largest absolute Gasteiger partial charge is 0.322 e. The molecule has 0 aliphatic carbocycles. The molecular formula is C23H24N4O5S2. The summed E-state index contributed by atoms with van der Waals surface area (Å²) < 4.78 is 53.8. The Morgan fingerprint density at radius 2 is 1.56 bits per heavy atom. The molecule has 3 aromatic rings. The van der Waals surface area contributed by atoms with Crippen LogP contribution in [0.1, 0.15) is 28.8 Å². The molecule has 1 fully saturated rings. The normalized spacial score (nSPS) is 14.6. The van der Waals surface area contributed by atoms with Crippen LogP contribution in [0.25, 0.3) is 0 Å². The van der Waals surface area contributed by atoms with Crippen molar-refractivity contribution in [1.82, 2.24) is 9.29 Å². The topological polar surface area (TPSA) is 126 Å². The van der Waals surface area contributed by atoms with Gasteiger partial charge in [0.15, 0.2) is 0 Å². The lowest BCUT2D eigenvalue weighted by Gasteiger charge is -2.15. The second-order valence-corrected chi connectivity index (χ2v) is 11.5. The van der Waals surface area contributed by atoms with Crippen LogP contribution < -0.4 is 10.0 Å². The van der Waals surface area contributed by atoms with Crippen LogP contribution in [-0.2, 0) is 25.8 Å². The van der Waals surface area contributed by atoms with E-state index < -0.39 is 26.0 Å². The number of pyridine rings is 1. The third-order valence-corrected chi connectivity index (χ3v) is 8.57. The predicted molar refractivity (Wildman–Crippen MR) is 129 cm³/mol. The Morgan fingerprint density at radius 1 is 0.882 bits per heavy atom. The molecule has 178 valence electrons. The highest BCUT2D eigenvalue weighted by atomic mass is 32.2. The standard InChI is InChI=1S/C23H24N4O5S2/c28-23(19-8-6-18(7-9-19)17-33(29,30)27-15-3-4-16-27)25-20-10-12-21(13-11-20)34(31,32)26-22-5-1-2-14-24-22/h1-2,5-14H,3-4,15-17H2,(H,24,26)(H,25,28). The number of nitrogens with zero attached hydrogens (tertiary/aromatic N) is 2. The van der Waals surface area contributed by atoms with Crippen molar-refractivity contribution in [2.75, 3.05) is 23.1 Å². The van der Waals surface area contributed by atoms with E-state index in [4.69, 9.17) is 0 Å². The van der Waals surface area contributed by atoms with Gasteiger partial charge in [-0.25, -0.2) is 26.1 Å². The van der Waals surface area contributed by atoms with Crippen molar-refractivity contribution in [2.24, 2.45) is 0 Å². The molecule has 0 unspecified atom stereocenters. The van der Waals surface area contributed by atoms with E-state index in [1.54, 1.807) is 42.5 Å². The fourth-order valence-electron chi connectivity index (χ4n) is 3.56. The van der Waals surface area contributed by atoms with Crippen LogP contribution >= 0.6 is 0 Å². The molecule has 0 spiro atoms. The number of hydrogen-bond acceptors (Lipinski definition) is 6. The summed E-state index contributed by atoms with van der Waals surface area (Å²) in [5.74, 6) is -0.287. The van der Waals surface area contributed by atoms with Crippen molar-refractivity contribution < 1.29 is 21.6 Å². The molecule has 9 nitrogen and oxygen atoms in total. The number of benzene rings is 2. The van der Waals surface area contributed by atoms with Crippen molar-refractivity contribution >= 4 is 37.5 Å². The van der Waals surface area contributed by atoms with E-state index in [0.29, 0.717) is 29.9 Å². The lowest BCUT2D eigenvalue weighted by atomic mass is 10.1. The maximum absolute atomic E-state index is 12.6. The van der Waals surface area contributed by atoms with Crippen LogP contribution in [-0.4, -0.2) is 45.1 Å². The zero-order valence-electron chi connectivity index (χ0n) is 18.2. The Balaban J connectivity index is 1.38. The molecule has 34 heavy (non-hydrogen) atoms. The fourth-order valence-corrected chi connectivity index (χ4v) is 6.18. The molecule has 1 aliphatic heterocycles. The molecule has 1 saturated heterocycles. The van der Waals surface area contributed by atoms with Gasteiger partial charge in [-0.3, -0.25) is 9.52 Å². The second kappa shape index (κ2) is 9.92. The first kappa shape index (κ1) is 23.9. The highest BCUT2D eigenvalue weighted by Gasteiger charge is 2.25. The molecular weight excluding hydrogens is 476 g/mol. The Kier molecular flexibility index (Phi) is 6.96. The number of hydrogen-bond donors (Lipinski definition) is 2. The van der Waals surface area contributed by atoms with Gasteiger partial charge in [-0.05, 0) is 66.9 Å². The predicted octanol–water partition coefficient (Wildman–Crippen LogP) is 3.06. The third kappa shape index (κ3) is 5.79. The zero-order valence-corrected chi connectivity index (χ0v) is 19.8. The van der Waals surface area contributed by atoms with Crippen LogP contribution in [0.4, 0.5) is 11.5 Å². The minimum atomic E-state index is -3.81. The molecule has 1 amide bonds. The number of carbonyl (C=O) groups is 1. The van der Waals surface area contributed by atoms with Crippen molar-refractivity contribution in [2.45, 2.75) is 23.5 Å². The summed E-state index contributed by atoms with van der Waals surface area (Å²) in [7, 11) is -7.17. The number of anilines is 2. The molecule has 2 N–H and O–H groups in total. The van der Waals surface area contributed by atoms with Gasteiger partial charge < -0.3 is 5.32 Å². The van der Waals surface area contributed by atoms with Gasteiger partial charge in [-0.2, -0.15) is 0 Å². The second-order valence-electron chi connectivity index (χ2n) is 7.86. The molecule has 4 rings (SSSR count). The average molecular weight is 501 g/mol. The van der Waals surface area contributed by atoms with Crippen LogP contribution in [0.3, 0.4) is 0 Å². The quantitative estimate of drug-likeness (QED) is 0.490. The maximum Gasteiger partial charge on any atom is 0.263 e. The van der Waals surface area contributed by atoms with E-state index in [1.807, 2.05) is 0 Å². The summed E-state index contributed by atoms with van der Waals surface area (Å²) in [4.78, 5) is 16.5. The molecule has 0 atom stereocenters. The SMILES string of the molecule is O=C(Nc1ccc(S(=O)(=O)Nc2ccccn2)cc1)c1ccc(CS(=O)(=O)N2CCCC2)cc1. The number of nitrogens with one attached hydrogen (secondary N) is 2. The number of sulfonamides is 2.